The molecular weight excluding hydrogens is 693 g/mol. The molecule has 0 unspecified atom stereocenters. The Kier molecular flexibility index (Phi) is 7.82. The van der Waals surface area contributed by atoms with E-state index in [1.807, 2.05) is 12.1 Å². The van der Waals surface area contributed by atoms with Crippen LogP contribution in [0.4, 0.5) is 17.1 Å². The lowest BCUT2D eigenvalue weighted by molar-refractivity contribution is 0.669. The summed E-state index contributed by atoms with van der Waals surface area (Å²) < 4.78 is 8.57. The highest BCUT2D eigenvalue weighted by atomic mass is 16.3. The van der Waals surface area contributed by atoms with Gasteiger partial charge in [-0.2, -0.15) is 0 Å². The Labute approximate surface area is 330 Å². The van der Waals surface area contributed by atoms with Crippen molar-refractivity contribution in [2.45, 2.75) is 0 Å². The highest BCUT2D eigenvalue weighted by molar-refractivity contribution is 6.11. The second kappa shape index (κ2) is 13.6. The van der Waals surface area contributed by atoms with E-state index in [-0.39, 0.29) is 0 Å². The van der Waals surface area contributed by atoms with Crippen molar-refractivity contribution in [3.8, 4) is 39.1 Å². The van der Waals surface area contributed by atoms with Gasteiger partial charge in [0.1, 0.15) is 11.2 Å². The summed E-state index contributed by atoms with van der Waals surface area (Å²) in [5.41, 5.74) is 15.7. The first-order valence-electron chi connectivity index (χ1n) is 19.4. The first kappa shape index (κ1) is 32.8. The van der Waals surface area contributed by atoms with Gasteiger partial charge in [-0.25, -0.2) is 0 Å². The van der Waals surface area contributed by atoms with E-state index in [0.29, 0.717) is 0 Å². The van der Waals surface area contributed by atoms with Crippen LogP contribution < -0.4 is 4.90 Å². The maximum atomic E-state index is 6.19. The molecule has 268 valence electrons. The van der Waals surface area contributed by atoms with E-state index in [2.05, 4.69) is 216 Å². The Balaban J connectivity index is 0.973. The Morgan fingerprint density at radius 1 is 0.298 bits per heavy atom. The van der Waals surface area contributed by atoms with E-state index in [4.69, 9.17) is 4.42 Å². The SMILES string of the molecule is c1ccc(-c2ccc(-n3c4ccccc4c4cc(-c5cccc(-c6cccc(N(c7ccccc7)c7ccc8oc9ccccc9c8c7)c6)c5)ccc43)cc2)cc1. The van der Waals surface area contributed by atoms with E-state index in [1.54, 1.807) is 0 Å². The van der Waals surface area contributed by atoms with Gasteiger partial charge in [0.25, 0.3) is 0 Å². The van der Waals surface area contributed by atoms with Gasteiger partial charge in [0, 0.05) is 44.3 Å². The minimum absolute atomic E-state index is 0.888. The number of benzene rings is 9. The first-order chi connectivity index (χ1) is 28.2. The number of hydrogen-bond donors (Lipinski definition) is 0. The van der Waals surface area contributed by atoms with Crippen molar-refractivity contribution in [2.75, 3.05) is 4.90 Å². The second-order valence-corrected chi connectivity index (χ2v) is 14.6. The van der Waals surface area contributed by atoms with Gasteiger partial charge in [0.05, 0.1) is 11.0 Å². The number of para-hydroxylation sites is 3. The zero-order valence-corrected chi connectivity index (χ0v) is 31.1. The standard InChI is InChI=1S/C54H36N2O/c1-3-13-37(14-4-1)38-25-28-44(29-26-38)56-51-23-9-7-21-47(51)49-35-42(27-31-52(49)56)40-16-11-15-39(33-40)41-17-12-20-45(34-41)55(43-18-5-2-6-19-43)46-30-32-54-50(36-46)48-22-8-10-24-53(48)57-54/h1-36H. The van der Waals surface area contributed by atoms with Crippen LogP contribution in [-0.2, 0) is 0 Å². The molecule has 0 spiro atoms. The molecule has 3 heteroatoms. The van der Waals surface area contributed by atoms with Crippen molar-refractivity contribution in [1.82, 2.24) is 4.57 Å². The molecular formula is C54H36N2O. The molecule has 3 nitrogen and oxygen atoms in total. The first-order valence-corrected chi connectivity index (χ1v) is 19.4. The van der Waals surface area contributed by atoms with Crippen molar-refractivity contribution >= 4 is 60.8 Å². The fourth-order valence-corrected chi connectivity index (χ4v) is 8.44. The van der Waals surface area contributed by atoms with Crippen LogP contribution in [0, 0.1) is 0 Å². The Hall–Kier alpha value is -7.62. The predicted octanol–water partition coefficient (Wildman–Crippen LogP) is 15.2. The van der Waals surface area contributed by atoms with Crippen molar-refractivity contribution < 1.29 is 4.42 Å². The van der Waals surface area contributed by atoms with Crippen LogP contribution >= 0.6 is 0 Å². The normalized spacial score (nSPS) is 11.5. The summed E-state index contributed by atoms with van der Waals surface area (Å²) >= 11 is 0. The number of anilines is 3. The molecule has 57 heavy (non-hydrogen) atoms. The molecule has 0 atom stereocenters. The molecule has 9 aromatic carbocycles. The Bertz CT molecular complexity index is 3230. The zero-order chi connectivity index (χ0) is 37.7. The molecule has 0 bridgehead atoms. The summed E-state index contributed by atoms with van der Waals surface area (Å²) in [6.07, 6.45) is 0. The molecule has 0 amide bonds. The smallest absolute Gasteiger partial charge is 0.135 e. The molecule has 0 N–H and O–H groups in total. The molecule has 0 radical (unpaired) electrons. The van der Waals surface area contributed by atoms with Crippen LogP contribution in [0.1, 0.15) is 0 Å². The van der Waals surface area contributed by atoms with Crippen molar-refractivity contribution in [2.24, 2.45) is 0 Å². The van der Waals surface area contributed by atoms with Crippen LogP contribution in [-0.4, -0.2) is 4.57 Å². The van der Waals surface area contributed by atoms with Gasteiger partial charge >= 0.3 is 0 Å². The topological polar surface area (TPSA) is 21.3 Å². The van der Waals surface area contributed by atoms with Gasteiger partial charge in [0.15, 0.2) is 0 Å². The third kappa shape index (κ3) is 5.76. The van der Waals surface area contributed by atoms with E-state index in [9.17, 15) is 0 Å². The number of rotatable bonds is 7. The molecule has 0 aliphatic heterocycles. The van der Waals surface area contributed by atoms with E-state index in [1.165, 1.54) is 49.6 Å². The number of aromatic nitrogens is 1. The fourth-order valence-electron chi connectivity index (χ4n) is 8.44. The summed E-state index contributed by atoms with van der Waals surface area (Å²) in [5.74, 6) is 0. The lowest BCUT2D eigenvalue weighted by Gasteiger charge is -2.26. The molecule has 0 aliphatic rings. The van der Waals surface area contributed by atoms with Gasteiger partial charge in [-0.05, 0) is 118 Å². The Morgan fingerprint density at radius 2 is 0.842 bits per heavy atom. The van der Waals surface area contributed by atoms with E-state index < -0.39 is 0 Å². The minimum atomic E-state index is 0.888. The number of hydrogen-bond acceptors (Lipinski definition) is 2. The van der Waals surface area contributed by atoms with Gasteiger partial charge in [0.2, 0.25) is 0 Å². The number of furan rings is 1. The maximum Gasteiger partial charge on any atom is 0.135 e. The lowest BCUT2D eigenvalue weighted by Crippen LogP contribution is -2.09. The van der Waals surface area contributed by atoms with Crippen LogP contribution in [0.2, 0.25) is 0 Å². The van der Waals surface area contributed by atoms with Gasteiger partial charge in [-0.1, -0.05) is 133 Å². The van der Waals surface area contributed by atoms with Crippen molar-refractivity contribution in [3.63, 3.8) is 0 Å². The number of fused-ring (bicyclic) bond motifs is 6. The van der Waals surface area contributed by atoms with Crippen LogP contribution in [0.15, 0.2) is 223 Å². The molecule has 11 rings (SSSR count). The fraction of sp³-hybridized carbons (Fsp3) is 0. The quantitative estimate of drug-likeness (QED) is 0.163. The van der Waals surface area contributed by atoms with E-state index >= 15 is 0 Å². The molecule has 2 aromatic heterocycles. The molecule has 11 aromatic rings. The van der Waals surface area contributed by atoms with Crippen LogP contribution in [0.25, 0.3) is 82.8 Å². The summed E-state index contributed by atoms with van der Waals surface area (Å²) in [6, 6.07) is 78.2. The summed E-state index contributed by atoms with van der Waals surface area (Å²) in [6.45, 7) is 0. The van der Waals surface area contributed by atoms with Crippen LogP contribution in [0.5, 0.6) is 0 Å². The average molecular weight is 729 g/mol. The molecule has 2 heterocycles. The predicted molar refractivity (Wildman–Crippen MR) is 239 cm³/mol. The summed E-state index contributed by atoms with van der Waals surface area (Å²) in [5, 5.41) is 4.71. The third-order valence-electron chi connectivity index (χ3n) is 11.2. The molecule has 0 saturated heterocycles. The summed E-state index contributed by atoms with van der Waals surface area (Å²) in [7, 11) is 0. The summed E-state index contributed by atoms with van der Waals surface area (Å²) in [4.78, 5) is 2.33. The zero-order valence-electron chi connectivity index (χ0n) is 31.1. The van der Waals surface area contributed by atoms with Crippen LogP contribution in [0.3, 0.4) is 0 Å². The minimum Gasteiger partial charge on any atom is -0.456 e. The average Bonchev–Trinajstić information content (AvgIpc) is 3.83. The van der Waals surface area contributed by atoms with Gasteiger partial charge in [-0.3, -0.25) is 0 Å². The van der Waals surface area contributed by atoms with Gasteiger partial charge in [-0.15, -0.1) is 0 Å². The molecule has 0 aliphatic carbocycles. The second-order valence-electron chi connectivity index (χ2n) is 14.6. The van der Waals surface area contributed by atoms with Gasteiger partial charge < -0.3 is 13.9 Å². The highest BCUT2D eigenvalue weighted by Gasteiger charge is 2.17. The maximum absolute atomic E-state index is 6.19. The monoisotopic (exact) mass is 728 g/mol. The highest BCUT2D eigenvalue weighted by Crippen LogP contribution is 2.41. The van der Waals surface area contributed by atoms with Crippen molar-refractivity contribution in [1.29, 1.82) is 0 Å². The molecule has 0 fully saturated rings. The van der Waals surface area contributed by atoms with E-state index in [0.717, 1.165) is 50.3 Å². The third-order valence-corrected chi connectivity index (χ3v) is 11.2. The molecule has 0 saturated carbocycles. The van der Waals surface area contributed by atoms with Crippen molar-refractivity contribution in [3.05, 3.63) is 218 Å². The number of nitrogens with zero attached hydrogens (tertiary/aromatic N) is 2. The largest absolute Gasteiger partial charge is 0.456 e. The lowest BCUT2D eigenvalue weighted by atomic mass is 9.97. The Morgan fingerprint density at radius 3 is 1.65 bits per heavy atom.